The van der Waals surface area contributed by atoms with Crippen molar-refractivity contribution in [3.8, 4) is 66.8 Å². The van der Waals surface area contributed by atoms with Gasteiger partial charge in [0.25, 0.3) is 13.4 Å². The lowest BCUT2D eigenvalue weighted by atomic mass is 9.33. The summed E-state index contributed by atoms with van der Waals surface area (Å²) in [4.78, 5) is 12.9. The van der Waals surface area contributed by atoms with E-state index in [2.05, 4.69) is 504 Å². The lowest BCUT2D eigenvalue weighted by molar-refractivity contribution is 0.724. The van der Waals surface area contributed by atoms with Gasteiger partial charge in [0.05, 0.1) is 22.5 Å². The zero-order valence-electron chi connectivity index (χ0n) is 71.0. The number of anilines is 14. The Balaban J connectivity index is 0.799. The lowest BCUT2D eigenvalue weighted by Crippen LogP contribution is -2.62. The van der Waals surface area contributed by atoms with Gasteiger partial charge in [0.2, 0.25) is 0 Å². The summed E-state index contributed by atoms with van der Waals surface area (Å²) in [7, 11) is 0. The van der Waals surface area contributed by atoms with E-state index in [1.165, 1.54) is 92.6 Å². The first-order valence-electron chi connectivity index (χ1n) is 45.1. The molecule has 0 saturated carbocycles. The summed E-state index contributed by atoms with van der Waals surface area (Å²) in [6, 6.07) is 181. The highest BCUT2D eigenvalue weighted by molar-refractivity contribution is 7.99. The molecule has 0 atom stereocenters. The van der Waals surface area contributed by atoms with Gasteiger partial charge in [0, 0.05) is 101 Å². The number of nitrogens with one attached hydrogen (secondary N) is 1. The summed E-state index contributed by atoms with van der Waals surface area (Å²) in [6.07, 6.45) is 0. The van der Waals surface area contributed by atoms with Crippen molar-refractivity contribution in [2.45, 2.75) is 21.1 Å². The van der Waals surface area contributed by atoms with Crippen LogP contribution >= 0.6 is 11.8 Å². The smallest absolute Gasteiger partial charge is 0.252 e. The van der Waals surface area contributed by atoms with Crippen molar-refractivity contribution < 1.29 is 0 Å². The standard InChI is InChI=1S/C122H81B2N5S/c1-10-39-80(40-11-1)87-53-36-58-91(71-87)126(89-54-24-8-25-55-89)92-74-108-118-114(75-92)129(121-95(83-45-16-4-17-46-83)63-38-64-96(121)84-47-18-5-19-48-84)110-78-115-101(76-105(110)123(118)103-67-32-34-69-107(103)125-108)122(99-65-30-28-59-97(99)98-60-29-31-66-100(98)122)102-77-106-111(79-116(102)130-115)128(120-93(81-41-12-2-13-42-81)61-37-62-94(120)82-43-14-3-15-44-82)113-73-88(117(85-49-20-6-21-50-85)86-51-22-7-23-52-86)72-112-119(113)124(106)104-68-33-35-70-109(104)127(112)90-56-26-9-27-57-90/h1-79,117,125H. The minimum absolute atomic E-state index is 0.159. The molecule has 0 fully saturated rings. The van der Waals surface area contributed by atoms with Crippen LogP contribution in [0.25, 0.3) is 66.8 Å². The van der Waals surface area contributed by atoms with E-state index in [1.54, 1.807) is 0 Å². The van der Waals surface area contributed by atoms with Crippen LogP contribution in [0.15, 0.2) is 489 Å². The monoisotopic (exact) mass is 1670 g/mol. The van der Waals surface area contributed by atoms with Crippen LogP contribution in [0, 0.1) is 0 Å². The van der Waals surface area contributed by atoms with Crippen molar-refractivity contribution >= 4 is 138 Å². The summed E-state index contributed by atoms with van der Waals surface area (Å²) < 4.78 is 0. The molecule has 0 saturated heterocycles. The molecule has 1 spiro atoms. The number of rotatable bonds is 14. The predicted octanol–water partition coefficient (Wildman–Crippen LogP) is 27.9. The van der Waals surface area contributed by atoms with Gasteiger partial charge in [-0.05, 0) is 201 Å². The van der Waals surface area contributed by atoms with E-state index >= 15 is 0 Å². The molecule has 130 heavy (non-hydrogen) atoms. The molecule has 5 heterocycles. The van der Waals surface area contributed by atoms with Crippen molar-refractivity contribution in [3.63, 3.8) is 0 Å². The minimum Gasteiger partial charge on any atom is -0.356 e. The lowest BCUT2D eigenvalue weighted by Gasteiger charge is -2.48. The number of para-hydroxylation sites is 6. The number of hydrogen-bond acceptors (Lipinski definition) is 6. The van der Waals surface area contributed by atoms with Gasteiger partial charge in [0.15, 0.2) is 0 Å². The largest absolute Gasteiger partial charge is 0.356 e. The molecular formula is C122H81B2N5S. The average Bonchev–Trinajstić information content (AvgIpc) is 0.833. The Bertz CT molecular complexity index is 7680. The first-order valence-corrected chi connectivity index (χ1v) is 45.9. The second-order valence-electron chi connectivity index (χ2n) is 34.8. The van der Waals surface area contributed by atoms with Gasteiger partial charge in [-0.25, -0.2) is 0 Å². The van der Waals surface area contributed by atoms with Crippen molar-refractivity contribution in [3.05, 3.63) is 518 Å². The Kier molecular flexibility index (Phi) is 17.7. The van der Waals surface area contributed by atoms with Gasteiger partial charge in [-0.1, -0.05) is 406 Å². The SMILES string of the molecule is c1ccc(-c2cccc(N(c3ccccc3)c3cc4c5c(c3)N(c3c(-c6ccccc6)cccc3-c3ccccc3)c3cc6c(cc3B5c3ccccc3N4)C3(c4cc5c(cc4S6)N(c4c(-c6ccccc6)cccc4-c4ccccc4)c4cc(C(c6ccccc6)c6ccccc6)cc6c4B5c4ccccc4N6c4ccccc4)c4ccccc4-c4ccccc43)c2)cc1. The fraction of sp³-hybridized carbons (Fsp3) is 0.0164. The maximum Gasteiger partial charge on any atom is 0.252 e. The van der Waals surface area contributed by atoms with E-state index in [9.17, 15) is 0 Å². The van der Waals surface area contributed by atoms with Crippen molar-refractivity contribution in [1.82, 2.24) is 0 Å². The molecule has 606 valence electrons. The molecule has 5 nitrogen and oxygen atoms in total. The third-order valence-corrected chi connectivity index (χ3v) is 29.0. The number of nitrogens with zero attached hydrogens (tertiary/aromatic N) is 4. The minimum atomic E-state index is -0.892. The molecule has 8 heteroatoms. The molecule has 0 radical (unpaired) electrons. The zero-order chi connectivity index (χ0) is 85.5. The third-order valence-electron chi connectivity index (χ3n) is 27.9. The summed E-state index contributed by atoms with van der Waals surface area (Å²) in [5.41, 5.74) is 44.3. The van der Waals surface area contributed by atoms with Gasteiger partial charge in [0.1, 0.15) is 0 Å². The molecule has 26 rings (SSSR count). The Morgan fingerprint density at radius 3 is 1.15 bits per heavy atom. The fourth-order valence-electron chi connectivity index (χ4n) is 22.6. The van der Waals surface area contributed by atoms with Gasteiger partial charge in [-0.15, -0.1) is 0 Å². The molecule has 20 aromatic carbocycles. The fourth-order valence-corrected chi connectivity index (χ4v) is 23.8. The first-order chi connectivity index (χ1) is 64.5. The van der Waals surface area contributed by atoms with Crippen LogP contribution in [-0.2, 0) is 5.41 Å². The second kappa shape index (κ2) is 30.6. The molecule has 6 aliphatic rings. The third kappa shape index (κ3) is 11.8. The van der Waals surface area contributed by atoms with E-state index < -0.39 is 5.41 Å². The average molecular weight is 1670 g/mol. The summed E-state index contributed by atoms with van der Waals surface area (Å²) in [5.74, 6) is -0.159. The summed E-state index contributed by atoms with van der Waals surface area (Å²) in [5, 5.41) is 4.23. The van der Waals surface area contributed by atoms with Crippen LogP contribution in [0.4, 0.5) is 79.6 Å². The van der Waals surface area contributed by atoms with E-state index in [1.807, 2.05) is 11.8 Å². The molecule has 1 aliphatic carbocycles. The Morgan fingerprint density at radius 2 is 0.631 bits per heavy atom. The molecular weight excluding hydrogens is 1590 g/mol. The van der Waals surface area contributed by atoms with E-state index in [0.29, 0.717) is 0 Å². The zero-order valence-corrected chi connectivity index (χ0v) is 71.9. The molecule has 1 N–H and O–H groups in total. The normalized spacial score (nSPS) is 13.3. The number of benzene rings is 20. The van der Waals surface area contributed by atoms with Crippen molar-refractivity contribution in [2.75, 3.05) is 24.9 Å². The summed E-state index contributed by atoms with van der Waals surface area (Å²) >= 11 is 1.94. The molecule has 0 unspecified atom stereocenters. The van der Waals surface area contributed by atoms with Gasteiger partial charge < -0.3 is 24.9 Å². The van der Waals surface area contributed by atoms with Crippen LogP contribution < -0.4 is 57.7 Å². The molecule has 20 aromatic rings. The highest BCUT2D eigenvalue weighted by Gasteiger charge is 2.55. The predicted molar refractivity (Wildman–Crippen MR) is 547 cm³/mol. The van der Waals surface area contributed by atoms with Crippen LogP contribution in [-0.4, -0.2) is 13.4 Å². The molecule has 0 aromatic heterocycles. The highest BCUT2D eigenvalue weighted by atomic mass is 32.2. The van der Waals surface area contributed by atoms with E-state index in [4.69, 9.17) is 0 Å². The summed E-state index contributed by atoms with van der Waals surface area (Å²) in [6.45, 7) is -0.524. The van der Waals surface area contributed by atoms with E-state index in [-0.39, 0.29) is 19.3 Å². The molecule has 0 bridgehead atoms. The maximum atomic E-state index is 4.23. The van der Waals surface area contributed by atoms with Crippen LogP contribution in [0.1, 0.15) is 44.9 Å². The van der Waals surface area contributed by atoms with Gasteiger partial charge in [-0.3, -0.25) is 0 Å². The van der Waals surface area contributed by atoms with Crippen LogP contribution in [0.3, 0.4) is 0 Å². The first kappa shape index (κ1) is 75.2. The van der Waals surface area contributed by atoms with Crippen LogP contribution in [0.2, 0.25) is 0 Å². The van der Waals surface area contributed by atoms with Crippen LogP contribution in [0.5, 0.6) is 0 Å². The second-order valence-corrected chi connectivity index (χ2v) is 35.9. The number of fused-ring (bicyclic) bond motifs is 17. The molecule has 5 aliphatic heterocycles. The van der Waals surface area contributed by atoms with Crippen molar-refractivity contribution in [2.24, 2.45) is 0 Å². The Morgan fingerprint density at radius 1 is 0.238 bits per heavy atom. The van der Waals surface area contributed by atoms with Gasteiger partial charge >= 0.3 is 0 Å². The maximum absolute atomic E-state index is 4.23. The topological polar surface area (TPSA) is 25.0 Å². The Labute approximate surface area is 763 Å². The number of hydrogen-bond donors (Lipinski definition) is 1. The highest BCUT2D eigenvalue weighted by Crippen LogP contribution is 2.65. The Hall–Kier alpha value is -16.1. The quantitative estimate of drug-likeness (QED) is 0.0861. The van der Waals surface area contributed by atoms with Crippen molar-refractivity contribution in [1.29, 1.82) is 0 Å². The van der Waals surface area contributed by atoms with E-state index in [0.717, 1.165) is 135 Å². The molecule has 0 amide bonds. The van der Waals surface area contributed by atoms with Gasteiger partial charge in [-0.2, -0.15) is 0 Å².